The van der Waals surface area contributed by atoms with Gasteiger partial charge in [0, 0.05) is 29.9 Å². The fraction of sp³-hybridized carbons (Fsp3) is 0.647. The molecule has 0 radical (unpaired) electrons. The molecule has 3 fully saturated rings. The number of H-pyrrole nitrogens is 1. The molecule has 1 aliphatic heterocycles. The highest BCUT2D eigenvalue weighted by Crippen LogP contribution is 2.48. The van der Waals surface area contributed by atoms with Crippen LogP contribution in [0.15, 0.2) is 16.9 Å². The predicted octanol–water partition coefficient (Wildman–Crippen LogP) is 2.33. The van der Waals surface area contributed by atoms with E-state index in [0.29, 0.717) is 23.4 Å². The lowest BCUT2D eigenvalue weighted by Gasteiger charge is -2.24. The fourth-order valence-corrected chi connectivity index (χ4v) is 3.94. The van der Waals surface area contributed by atoms with Crippen molar-refractivity contribution in [1.82, 2.24) is 9.88 Å². The minimum absolute atomic E-state index is 0.0595. The summed E-state index contributed by atoms with van der Waals surface area (Å²) in [5.41, 5.74) is 1.13. The van der Waals surface area contributed by atoms with Crippen molar-refractivity contribution in [3.05, 3.63) is 33.7 Å². The maximum absolute atomic E-state index is 12.9. The topological polar surface area (TPSA) is 53.2 Å². The molecule has 2 saturated carbocycles. The number of nitrogens with one attached hydrogen (secondary N) is 1. The van der Waals surface area contributed by atoms with E-state index in [1.807, 2.05) is 6.92 Å². The van der Waals surface area contributed by atoms with Crippen LogP contribution >= 0.6 is 0 Å². The lowest BCUT2D eigenvalue weighted by molar-refractivity contribution is 0.0716. The molecular weight excluding hydrogens is 264 g/mol. The van der Waals surface area contributed by atoms with Crippen molar-refractivity contribution < 1.29 is 4.79 Å². The molecule has 1 aromatic heterocycles. The van der Waals surface area contributed by atoms with E-state index in [-0.39, 0.29) is 11.5 Å². The minimum atomic E-state index is -0.181. The molecule has 0 spiro atoms. The highest BCUT2D eigenvalue weighted by Gasteiger charge is 2.47. The van der Waals surface area contributed by atoms with Crippen LogP contribution in [-0.2, 0) is 0 Å². The van der Waals surface area contributed by atoms with E-state index in [1.54, 1.807) is 6.07 Å². The molecule has 1 aromatic rings. The maximum atomic E-state index is 12.9. The smallest absolute Gasteiger partial charge is 0.254 e. The summed E-state index contributed by atoms with van der Waals surface area (Å²) in [6.07, 6.45) is 6.39. The molecular formula is C17H22N2O2. The number of nitrogens with zero attached hydrogens (tertiary/aromatic N) is 1. The first kappa shape index (κ1) is 13.1. The number of rotatable bonds is 3. The lowest BCUT2D eigenvalue weighted by atomic mass is 9.98. The van der Waals surface area contributed by atoms with Crippen LogP contribution in [0.3, 0.4) is 0 Å². The molecule has 0 aromatic carbocycles. The predicted molar refractivity (Wildman–Crippen MR) is 80.2 cm³/mol. The minimum Gasteiger partial charge on any atom is -0.335 e. The molecule has 4 nitrogen and oxygen atoms in total. The normalized spacial score (nSPS) is 28.9. The van der Waals surface area contributed by atoms with Gasteiger partial charge in [-0.1, -0.05) is 0 Å². The molecule has 1 saturated heterocycles. The highest BCUT2D eigenvalue weighted by molar-refractivity contribution is 5.94. The Morgan fingerprint density at radius 1 is 1.14 bits per heavy atom. The number of aromatic nitrogens is 1. The number of aromatic amines is 1. The molecule has 3 aliphatic rings. The van der Waals surface area contributed by atoms with Crippen molar-refractivity contribution in [1.29, 1.82) is 0 Å². The van der Waals surface area contributed by atoms with Gasteiger partial charge in [0.1, 0.15) is 0 Å². The molecule has 21 heavy (non-hydrogen) atoms. The number of hydrogen-bond donors (Lipinski definition) is 1. The summed E-state index contributed by atoms with van der Waals surface area (Å²) in [5.74, 6) is 2.32. The van der Waals surface area contributed by atoms with Gasteiger partial charge in [0.2, 0.25) is 5.56 Å². The third-order valence-corrected chi connectivity index (χ3v) is 5.32. The summed E-state index contributed by atoms with van der Waals surface area (Å²) in [7, 11) is 0. The quantitative estimate of drug-likeness (QED) is 0.927. The largest absolute Gasteiger partial charge is 0.335 e. The molecule has 4 heteroatoms. The second kappa shape index (κ2) is 4.72. The Balaban J connectivity index is 1.60. The van der Waals surface area contributed by atoms with Crippen LogP contribution in [-0.4, -0.2) is 28.4 Å². The van der Waals surface area contributed by atoms with Crippen molar-refractivity contribution in [2.24, 2.45) is 17.8 Å². The molecule has 2 aliphatic carbocycles. The van der Waals surface area contributed by atoms with Crippen LogP contribution < -0.4 is 5.56 Å². The SMILES string of the molecule is Cc1cc(C(=O)N2C[C@H](C3CC3)C[C@@H]2C2CC2)cc(=O)[nH]1. The number of hydrogen-bond acceptors (Lipinski definition) is 2. The number of aryl methyl sites for hydroxylation is 1. The van der Waals surface area contributed by atoms with Gasteiger partial charge in [-0.2, -0.15) is 0 Å². The average molecular weight is 286 g/mol. The van der Waals surface area contributed by atoms with E-state index >= 15 is 0 Å². The first-order chi connectivity index (χ1) is 10.1. The van der Waals surface area contributed by atoms with Crippen LogP contribution in [0.25, 0.3) is 0 Å². The van der Waals surface area contributed by atoms with Crippen molar-refractivity contribution in [2.45, 2.75) is 45.1 Å². The zero-order chi connectivity index (χ0) is 14.6. The Kier molecular flexibility index (Phi) is 2.95. The van der Waals surface area contributed by atoms with Gasteiger partial charge in [-0.15, -0.1) is 0 Å². The Labute approximate surface area is 124 Å². The number of carbonyl (C=O) groups excluding carboxylic acids is 1. The summed E-state index contributed by atoms with van der Waals surface area (Å²) < 4.78 is 0. The van der Waals surface area contributed by atoms with E-state index in [1.165, 1.54) is 38.2 Å². The first-order valence-corrected chi connectivity index (χ1v) is 8.14. The van der Waals surface area contributed by atoms with E-state index in [4.69, 9.17) is 0 Å². The van der Waals surface area contributed by atoms with Gasteiger partial charge in [0.05, 0.1) is 0 Å². The molecule has 1 amide bonds. The Hall–Kier alpha value is -1.58. The van der Waals surface area contributed by atoms with Crippen molar-refractivity contribution in [2.75, 3.05) is 6.54 Å². The summed E-state index contributed by atoms with van der Waals surface area (Å²) in [4.78, 5) is 29.3. The number of amides is 1. The highest BCUT2D eigenvalue weighted by atomic mass is 16.2. The molecule has 2 heterocycles. The van der Waals surface area contributed by atoms with Gasteiger partial charge in [-0.25, -0.2) is 0 Å². The van der Waals surface area contributed by atoms with Crippen LogP contribution in [0.4, 0.5) is 0 Å². The van der Waals surface area contributed by atoms with Gasteiger partial charge < -0.3 is 9.88 Å². The van der Waals surface area contributed by atoms with Crippen LogP contribution in [0.2, 0.25) is 0 Å². The lowest BCUT2D eigenvalue weighted by Crippen LogP contribution is -2.37. The van der Waals surface area contributed by atoms with E-state index in [9.17, 15) is 9.59 Å². The van der Waals surface area contributed by atoms with Crippen molar-refractivity contribution in [3.63, 3.8) is 0 Å². The molecule has 1 N–H and O–H groups in total. The van der Waals surface area contributed by atoms with Gasteiger partial charge in [-0.05, 0) is 62.8 Å². The zero-order valence-electron chi connectivity index (χ0n) is 12.5. The fourth-order valence-electron chi connectivity index (χ4n) is 3.94. The second-order valence-electron chi connectivity index (χ2n) is 7.11. The third-order valence-electron chi connectivity index (χ3n) is 5.32. The Morgan fingerprint density at radius 3 is 2.48 bits per heavy atom. The summed E-state index contributed by atoms with van der Waals surface area (Å²) in [5, 5.41) is 0. The van der Waals surface area contributed by atoms with Gasteiger partial charge in [0.15, 0.2) is 0 Å². The number of carbonyl (C=O) groups is 1. The standard InChI is InChI=1S/C17H22N2O2/c1-10-6-13(8-16(20)18-10)17(21)19-9-14(11-2-3-11)7-15(19)12-4-5-12/h6,8,11-12,14-15H,2-5,7,9H2,1H3,(H,18,20)/t14-,15-/m1/s1. The maximum Gasteiger partial charge on any atom is 0.254 e. The first-order valence-electron chi connectivity index (χ1n) is 8.14. The van der Waals surface area contributed by atoms with E-state index < -0.39 is 0 Å². The summed E-state index contributed by atoms with van der Waals surface area (Å²) in [6.45, 7) is 2.73. The molecule has 2 atom stereocenters. The zero-order valence-corrected chi connectivity index (χ0v) is 12.5. The van der Waals surface area contributed by atoms with Crippen molar-refractivity contribution >= 4 is 5.91 Å². The molecule has 0 bridgehead atoms. The third kappa shape index (κ3) is 2.52. The number of likely N-dealkylation sites (tertiary alicyclic amines) is 1. The van der Waals surface area contributed by atoms with Gasteiger partial charge >= 0.3 is 0 Å². The van der Waals surface area contributed by atoms with E-state index in [0.717, 1.165) is 18.2 Å². The van der Waals surface area contributed by atoms with Crippen LogP contribution in [0.1, 0.15) is 48.2 Å². The van der Waals surface area contributed by atoms with E-state index in [2.05, 4.69) is 9.88 Å². The Bertz CT molecular complexity index is 628. The summed E-state index contributed by atoms with van der Waals surface area (Å²) in [6, 6.07) is 3.67. The number of pyridine rings is 1. The van der Waals surface area contributed by atoms with Gasteiger partial charge in [-0.3, -0.25) is 9.59 Å². The molecule has 4 rings (SSSR count). The molecule has 112 valence electrons. The van der Waals surface area contributed by atoms with Crippen LogP contribution in [0, 0.1) is 24.7 Å². The molecule has 0 unspecified atom stereocenters. The Morgan fingerprint density at radius 2 is 1.86 bits per heavy atom. The van der Waals surface area contributed by atoms with Crippen molar-refractivity contribution in [3.8, 4) is 0 Å². The summed E-state index contributed by atoms with van der Waals surface area (Å²) >= 11 is 0. The second-order valence-corrected chi connectivity index (χ2v) is 7.11. The monoisotopic (exact) mass is 286 g/mol. The average Bonchev–Trinajstić information content (AvgIpc) is 3.35. The van der Waals surface area contributed by atoms with Gasteiger partial charge in [0.25, 0.3) is 5.91 Å². The van der Waals surface area contributed by atoms with Crippen LogP contribution in [0.5, 0.6) is 0 Å².